The second-order valence-corrected chi connectivity index (χ2v) is 9.63. The third-order valence-corrected chi connectivity index (χ3v) is 6.13. The number of hydrogen-bond acceptors (Lipinski definition) is 6. The molecule has 0 aliphatic carbocycles. The van der Waals surface area contributed by atoms with Crippen molar-refractivity contribution < 1.29 is 28.0 Å². The molecule has 1 unspecified atom stereocenters. The lowest BCUT2D eigenvalue weighted by Crippen LogP contribution is -2.43. The Labute approximate surface area is 175 Å². The van der Waals surface area contributed by atoms with Crippen molar-refractivity contribution in [2.75, 3.05) is 7.05 Å². The molecule has 162 valence electrons. The van der Waals surface area contributed by atoms with Gasteiger partial charge in [-0.25, -0.2) is 8.42 Å². The molecule has 2 aromatic carbocycles. The molecule has 0 spiro atoms. The van der Waals surface area contributed by atoms with Crippen LogP contribution in [-0.4, -0.2) is 47.4 Å². The first kappa shape index (κ1) is 23.3. The number of nitrogens with zero attached hydrogens (tertiary/aromatic N) is 2. The van der Waals surface area contributed by atoms with Crippen LogP contribution in [-0.2, 0) is 21.2 Å². The van der Waals surface area contributed by atoms with Gasteiger partial charge in [-0.3, -0.25) is 14.9 Å². The molecule has 10 heteroatoms. The number of nitro benzene ring substituents is 1. The highest BCUT2D eigenvalue weighted by Gasteiger charge is 2.36. The Morgan fingerprint density at radius 2 is 1.73 bits per heavy atom. The lowest BCUT2D eigenvalue weighted by atomic mass is 10.1. The van der Waals surface area contributed by atoms with Crippen LogP contribution >= 0.6 is 0 Å². The molecule has 0 saturated heterocycles. The summed E-state index contributed by atoms with van der Waals surface area (Å²) in [5, 5.41) is 20.8. The van der Waals surface area contributed by atoms with Crippen LogP contribution in [0.15, 0.2) is 53.4 Å². The van der Waals surface area contributed by atoms with Crippen LogP contribution in [0, 0.1) is 10.1 Å². The minimum Gasteiger partial charge on any atom is -0.488 e. The number of para-hydroxylation sites is 1. The third-order valence-electron chi connectivity index (χ3n) is 4.22. The summed E-state index contributed by atoms with van der Waals surface area (Å²) in [6, 6.07) is 10.0. The van der Waals surface area contributed by atoms with E-state index in [9.17, 15) is 28.4 Å². The van der Waals surface area contributed by atoms with Crippen LogP contribution < -0.4 is 4.74 Å². The Morgan fingerprint density at radius 3 is 2.23 bits per heavy atom. The average molecular weight is 436 g/mol. The van der Waals surface area contributed by atoms with Crippen molar-refractivity contribution in [3.63, 3.8) is 0 Å². The van der Waals surface area contributed by atoms with Crippen LogP contribution in [0.1, 0.15) is 26.3 Å². The molecule has 2 aromatic rings. The second-order valence-electron chi connectivity index (χ2n) is 7.66. The van der Waals surface area contributed by atoms with E-state index >= 15 is 0 Å². The van der Waals surface area contributed by atoms with Gasteiger partial charge in [-0.2, -0.15) is 4.31 Å². The van der Waals surface area contributed by atoms with E-state index in [1.807, 2.05) is 20.8 Å². The van der Waals surface area contributed by atoms with Gasteiger partial charge in [0.1, 0.15) is 17.4 Å². The first-order valence-electron chi connectivity index (χ1n) is 9.05. The fraction of sp³-hybridized carbons (Fsp3) is 0.350. The van der Waals surface area contributed by atoms with Gasteiger partial charge in [0.2, 0.25) is 10.0 Å². The molecular formula is C20H24N2O7S. The van der Waals surface area contributed by atoms with Crippen molar-refractivity contribution in [2.45, 2.75) is 43.7 Å². The maximum atomic E-state index is 12.9. The molecule has 0 fully saturated rings. The number of aliphatic carboxylic acids is 1. The SMILES string of the molecule is CN(C(Cc1ccc(OC(C)(C)C)cc1)C(=O)O)S(=O)(=O)c1ccccc1[N+](=O)[O-]. The van der Waals surface area contributed by atoms with E-state index in [0.29, 0.717) is 15.6 Å². The van der Waals surface area contributed by atoms with Gasteiger partial charge in [0.15, 0.2) is 4.90 Å². The number of hydrogen-bond donors (Lipinski definition) is 1. The summed E-state index contributed by atoms with van der Waals surface area (Å²) in [4.78, 5) is 21.7. The summed E-state index contributed by atoms with van der Waals surface area (Å²) in [5.74, 6) is -0.770. The number of carboxylic acids is 1. The van der Waals surface area contributed by atoms with Crippen molar-refractivity contribution in [1.29, 1.82) is 0 Å². The fourth-order valence-electron chi connectivity index (χ4n) is 2.79. The normalized spacial score (nSPS) is 13.1. The molecule has 1 atom stereocenters. The molecule has 0 aliphatic heterocycles. The lowest BCUT2D eigenvalue weighted by molar-refractivity contribution is -0.387. The lowest BCUT2D eigenvalue weighted by Gasteiger charge is -2.24. The van der Waals surface area contributed by atoms with Gasteiger partial charge in [-0.15, -0.1) is 0 Å². The van der Waals surface area contributed by atoms with E-state index in [2.05, 4.69) is 0 Å². The standard InChI is InChI=1S/C20H24N2O7S/c1-20(2,3)29-15-11-9-14(10-12-15)13-17(19(23)24)21(4)30(27,28)18-8-6-5-7-16(18)22(25)26/h5-12,17H,13H2,1-4H3,(H,23,24). The van der Waals surface area contributed by atoms with Gasteiger partial charge in [0.05, 0.1) is 4.92 Å². The van der Waals surface area contributed by atoms with Crippen molar-refractivity contribution in [3.8, 4) is 5.75 Å². The molecule has 0 bridgehead atoms. The van der Waals surface area contributed by atoms with Crippen LogP contribution in [0.3, 0.4) is 0 Å². The maximum Gasteiger partial charge on any atom is 0.322 e. The largest absolute Gasteiger partial charge is 0.488 e. The van der Waals surface area contributed by atoms with Crippen molar-refractivity contribution in [2.24, 2.45) is 0 Å². The van der Waals surface area contributed by atoms with Crippen LogP contribution in [0.2, 0.25) is 0 Å². The Morgan fingerprint density at radius 1 is 1.17 bits per heavy atom. The average Bonchev–Trinajstić information content (AvgIpc) is 2.65. The Kier molecular flexibility index (Phi) is 6.84. The number of nitro groups is 1. The van der Waals surface area contributed by atoms with Gasteiger partial charge in [0.25, 0.3) is 5.69 Å². The number of likely N-dealkylation sites (N-methyl/N-ethyl adjacent to an activating group) is 1. The number of carbonyl (C=O) groups is 1. The summed E-state index contributed by atoms with van der Waals surface area (Å²) in [6.45, 7) is 5.68. The molecule has 0 amide bonds. The molecule has 30 heavy (non-hydrogen) atoms. The van der Waals surface area contributed by atoms with Gasteiger partial charge < -0.3 is 9.84 Å². The maximum absolute atomic E-state index is 12.9. The number of ether oxygens (including phenoxy) is 1. The predicted octanol–water partition coefficient (Wildman–Crippen LogP) is 3.09. The van der Waals surface area contributed by atoms with Crippen molar-refractivity contribution in [3.05, 3.63) is 64.2 Å². The minimum absolute atomic E-state index is 0.124. The molecule has 1 N–H and O–H groups in total. The topological polar surface area (TPSA) is 127 Å². The van der Waals surface area contributed by atoms with Crippen molar-refractivity contribution >= 4 is 21.7 Å². The molecule has 0 aromatic heterocycles. The fourth-order valence-corrected chi connectivity index (χ4v) is 4.26. The quantitative estimate of drug-likeness (QED) is 0.497. The van der Waals surface area contributed by atoms with Gasteiger partial charge in [-0.05, 0) is 51.0 Å². The third kappa shape index (κ3) is 5.55. The van der Waals surface area contributed by atoms with E-state index in [4.69, 9.17) is 4.74 Å². The first-order chi connectivity index (χ1) is 13.8. The molecular weight excluding hydrogens is 412 g/mol. The van der Waals surface area contributed by atoms with Gasteiger partial charge in [0, 0.05) is 13.1 Å². The number of carboxylic acid groups (broad SMARTS) is 1. The van der Waals surface area contributed by atoms with E-state index in [0.717, 1.165) is 19.2 Å². The Balaban J connectivity index is 2.32. The zero-order chi connectivity index (χ0) is 22.7. The molecule has 0 heterocycles. The zero-order valence-corrected chi connectivity index (χ0v) is 17.9. The van der Waals surface area contributed by atoms with Crippen LogP contribution in [0.4, 0.5) is 5.69 Å². The predicted molar refractivity (Wildman–Crippen MR) is 110 cm³/mol. The summed E-state index contributed by atoms with van der Waals surface area (Å²) in [7, 11) is -3.33. The molecule has 0 saturated carbocycles. The number of sulfonamides is 1. The van der Waals surface area contributed by atoms with Gasteiger partial charge >= 0.3 is 5.97 Å². The van der Waals surface area contributed by atoms with E-state index in [-0.39, 0.29) is 6.42 Å². The van der Waals surface area contributed by atoms with Crippen LogP contribution in [0.5, 0.6) is 5.75 Å². The number of rotatable bonds is 8. The highest BCUT2D eigenvalue weighted by atomic mass is 32.2. The molecule has 9 nitrogen and oxygen atoms in total. The van der Waals surface area contributed by atoms with E-state index < -0.39 is 43.1 Å². The zero-order valence-electron chi connectivity index (χ0n) is 17.1. The Bertz CT molecular complexity index is 1030. The minimum atomic E-state index is -4.43. The second kappa shape index (κ2) is 8.80. The number of benzene rings is 2. The summed E-state index contributed by atoms with van der Waals surface area (Å²) in [5.41, 5.74) is -0.436. The molecule has 0 aliphatic rings. The van der Waals surface area contributed by atoms with E-state index in [1.54, 1.807) is 24.3 Å². The summed E-state index contributed by atoms with van der Waals surface area (Å²) < 4.78 is 32.3. The molecule has 0 radical (unpaired) electrons. The first-order valence-corrected chi connectivity index (χ1v) is 10.5. The Hall–Kier alpha value is -2.98. The highest BCUT2D eigenvalue weighted by Crippen LogP contribution is 2.28. The van der Waals surface area contributed by atoms with E-state index in [1.165, 1.54) is 12.1 Å². The summed E-state index contributed by atoms with van der Waals surface area (Å²) in [6.07, 6.45) is -0.124. The van der Waals surface area contributed by atoms with Crippen LogP contribution in [0.25, 0.3) is 0 Å². The smallest absolute Gasteiger partial charge is 0.322 e. The summed E-state index contributed by atoms with van der Waals surface area (Å²) >= 11 is 0. The van der Waals surface area contributed by atoms with Crippen molar-refractivity contribution in [1.82, 2.24) is 4.31 Å². The van der Waals surface area contributed by atoms with Gasteiger partial charge in [-0.1, -0.05) is 24.3 Å². The monoisotopic (exact) mass is 436 g/mol. The highest BCUT2D eigenvalue weighted by molar-refractivity contribution is 7.89. The molecule has 2 rings (SSSR count).